The largest absolute Gasteiger partial charge is 0.505 e. The molecule has 16 heavy (non-hydrogen) atoms. The Morgan fingerprint density at radius 3 is 0.750 bits per heavy atom. The number of hydrogen-bond donors (Lipinski definition) is 4. The number of rotatable bonds is 0. The molecule has 0 atom stereocenters. The Balaban J connectivity index is -0.0000000655. The summed E-state index contributed by atoms with van der Waals surface area (Å²) >= 11 is 0. The Bertz CT molecular complexity index is 159. The molecule has 0 aromatic rings. The number of carboxylic acid groups (broad SMARTS) is 3. The lowest BCUT2D eigenvalue weighted by Crippen LogP contribution is -1.91. The third kappa shape index (κ3) is 96.1. The lowest BCUT2D eigenvalue weighted by Gasteiger charge is -1.79. The second-order valence-corrected chi connectivity index (χ2v) is 1.41. The zero-order valence-electron chi connectivity index (χ0n) is 9.00. The van der Waals surface area contributed by atoms with Gasteiger partial charge in [0.25, 0.3) is 0 Å². The normalized spacial score (nSPS) is 6.19. The summed E-state index contributed by atoms with van der Waals surface area (Å²) in [6.07, 6.45) is -3.74. The predicted octanol–water partition coefficient (Wildman–Crippen LogP) is 1.09. The molecule has 0 aliphatic carbocycles. The highest BCUT2D eigenvalue weighted by atomic mass is 16.7. The Hall–Kier alpha value is -2.23. The molecule has 0 rings (SSSR count). The Kier molecular flexibility index (Phi) is 27.2. The Labute approximate surface area is 90.9 Å². The maximum atomic E-state index is 9.15. The van der Waals surface area contributed by atoms with Crippen molar-refractivity contribution >= 4 is 18.5 Å². The smallest absolute Gasteiger partial charge is 0.450 e. The van der Waals surface area contributed by atoms with Gasteiger partial charge in [0.1, 0.15) is 0 Å². The SMILES string of the molecule is COC(=O)O.COC(=O)O.COC(=O)O.N. The molecule has 10 heteroatoms. The summed E-state index contributed by atoms with van der Waals surface area (Å²) in [4.78, 5) is 27.4. The van der Waals surface area contributed by atoms with E-state index >= 15 is 0 Å². The van der Waals surface area contributed by atoms with Gasteiger partial charge >= 0.3 is 18.5 Å². The van der Waals surface area contributed by atoms with E-state index in [1.807, 2.05) is 0 Å². The summed E-state index contributed by atoms with van der Waals surface area (Å²) in [5, 5.41) is 22.5. The van der Waals surface area contributed by atoms with Crippen molar-refractivity contribution in [3.8, 4) is 0 Å². The van der Waals surface area contributed by atoms with Gasteiger partial charge in [0.2, 0.25) is 0 Å². The van der Waals surface area contributed by atoms with Crippen LogP contribution < -0.4 is 6.15 Å². The van der Waals surface area contributed by atoms with E-state index in [1.54, 1.807) is 0 Å². The molecule has 0 aromatic heterocycles. The summed E-state index contributed by atoms with van der Waals surface area (Å²) in [5.74, 6) is 0. The van der Waals surface area contributed by atoms with Crippen LogP contribution in [0.4, 0.5) is 14.4 Å². The molecule has 0 amide bonds. The van der Waals surface area contributed by atoms with Gasteiger partial charge in [0.05, 0.1) is 21.3 Å². The molecule has 0 aliphatic rings. The van der Waals surface area contributed by atoms with Crippen LogP contribution in [0.2, 0.25) is 0 Å². The minimum Gasteiger partial charge on any atom is -0.450 e. The van der Waals surface area contributed by atoms with E-state index in [4.69, 9.17) is 29.7 Å². The quantitative estimate of drug-likeness (QED) is 0.357. The lowest BCUT2D eigenvalue weighted by atomic mass is 11.4. The fourth-order valence-corrected chi connectivity index (χ4v) is 0. The van der Waals surface area contributed by atoms with E-state index in [1.165, 1.54) is 0 Å². The van der Waals surface area contributed by atoms with Crippen LogP contribution in [0.5, 0.6) is 0 Å². The summed E-state index contributed by atoms with van der Waals surface area (Å²) in [5.41, 5.74) is 0. The summed E-state index contributed by atoms with van der Waals surface area (Å²) in [7, 11) is 3.30. The molecule has 6 N–H and O–H groups in total. The molecule has 0 aliphatic heterocycles. The van der Waals surface area contributed by atoms with Gasteiger partial charge in [-0.3, -0.25) is 0 Å². The van der Waals surface area contributed by atoms with E-state index < -0.39 is 18.5 Å². The average Bonchev–Trinajstić information content (AvgIpc) is 2.19. The van der Waals surface area contributed by atoms with Crippen LogP contribution >= 0.6 is 0 Å². The number of carbonyl (C=O) groups is 3. The minimum atomic E-state index is -1.25. The van der Waals surface area contributed by atoms with Gasteiger partial charge in [0, 0.05) is 0 Å². The van der Waals surface area contributed by atoms with Gasteiger partial charge in [-0.1, -0.05) is 0 Å². The first-order valence-electron chi connectivity index (χ1n) is 3.12. The van der Waals surface area contributed by atoms with E-state index in [0.717, 1.165) is 21.3 Å². The van der Waals surface area contributed by atoms with Crippen LogP contribution in [0.15, 0.2) is 0 Å². The molecule has 0 aromatic carbocycles. The highest BCUT2D eigenvalue weighted by molar-refractivity contribution is 5.56. The molecule has 0 fully saturated rings. The molecule has 0 unspecified atom stereocenters. The van der Waals surface area contributed by atoms with Gasteiger partial charge < -0.3 is 35.7 Å². The van der Waals surface area contributed by atoms with Crippen molar-refractivity contribution in [2.24, 2.45) is 0 Å². The molecule has 98 valence electrons. The van der Waals surface area contributed by atoms with Crippen LogP contribution in [0, 0.1) is 0 Å². The highest BCUT2D eigenvalue weighted by Gasteiger charge is 1.81. The fourth-order valence-electron chi connectivity index (χ4n) is 0. The van der Waals surface area contributed by atoms with Crippen molar-refractivity contribution in [3.05, 3.63) is 0 Å². The zero-order chi connectivity index (χ0) is 12.9. The van der Waals surface area contributed by atoms with E-state index in [0.29, 0.717) is 0 Å². The summed E-state index contributed by atoms with van der Waals surface area (Å²) in [6.45, 7) is 0. The Morgan fingerprint density at radius 1 is 0.688 bits per heavy atom. The van der Waals surface area contributed by atoms with Gasteiger partial charge in [-0.2, -0.15) is 0 Å². The predicted molar refractivity (Wildman–Crippen MR) is 50.1 cm³/mol. The van der Waals surface area contributed by atoms with E-state index in [2.05, 4.69) is 14.2 Å². The van der Waals surface area contributed by atoms with Crippen molar-refractivity contribution in [2.45, 2.75) is 0 Å². The van der Waals surface area contributed by atoms with Crippen LogP contribution in [0.3, 0.4) is 0 Å². The third-order valence-electron chi connectivity index (χ3n) is 0.524. The summed E-state index contributed by atoms with van der Waals surface area (Å²) in [6, 6.07) is 0. The number of methoxy groups -OCH3 is 3. The van der Waals surface area contributed by atoms with Crippen LogP contribution in [0.1, 0.15) is 0 Å². The summed E-state index contributed by atoms with van der Waals surface area (Å²) < 4.78 is 11.0. The lowest BCUT2D eigenvalue weighted by molar-refractivity contribution is 0.112. The molecule has 0 radical (unpaired) electrons. The maximum Gasteiger partial charge on any atom is 0.505 e. The van der Waals surface area contributed by atoms with Crippen molar-refractivity contribution in [3.63, 3.8) is 0 Å². The fraction of sp³-hybridized carbons (Fsp3) is 0.500. The average molecular weight is 245 g/mol. The molecule has 0 saturated heterocycles. The van der Waals surface area contributed by atoms with Crippen LogP contribution in [0.25, 0.3) is 0 Å². The van der Waals surface area contributed by atoms with Gasteiger partial charge in [-0.05, 0) is 0 Å². The monoisotopic (exact) mass is 245 g/mol. The third-order valence-corrected chi connectivity index (χ3v) is 0.524. The molecule has 0 bridgehead atoms. The second kappa shape index (κ2) is 18.5. The van der Waals surface area contributed by atoms with E-state index in [-0.39, 0.29) is 6.15 Å². The maximum absolute atomic E-state index is 9.15. The molecular formula is C6H15NO9. The van der Waals surface area contributed by atoms with Gasteiger partial charge in [-0.25, -0.2) is 14.4 Å². The molecule has 0 spiro atoms. The van der Waals surface area contributed by atoms with Crippen molar-refractivity contribution in [1.29, 1.82) is 0 Å². The highest BCUT2D eigenvalue weighted by Crippen LogP contribution is 1.61. The van der Waals surface area contributed by atoms with Gasteiger partial charge in [-0.15, -0.1) is 0 Å². The van der Waals surface area contributed by atoms with Crippen molar-refractivity contribution in [2.75, 3.05) is 21.3 Å². The second-order valence-electron chi connectivity index (χ2n) is 1.41. The Morgan fingerprint density at radius 2 is 0.750 bits per heavy atom. The van der Waals surface area contributed by atoms with Gasteiger partial charge in [0.15, 0.2) is 0 Å². The number of hydrogen-bond acceptors (Lipinski definition) is 7. The molecule has 0 heterocycles. The first kappa shape index (κ1) is 23.5. The molecular weight excluding hydrogens is 230 g/mol. The van der Waals surface area contributed by atoms with E-state index in [9.17, 15) is 0 Å². The first-order chi connectivity index (χ1) is 6.81. The topological polar surface area (TPSA) is 175 Å². The van der Waals surface area contributed by atoms with Crippen LogP contribution in [-0.4, -0.2) is 55.1 Å². The van der Waals surface area contributed by atoms with Crippen molar-refractivity contribution < 1.29 is 43.9 Å². The molecule has 10 nitrogen and oxygen atoms in total. The first-order valence-corrected chi connectivity index (χ1v) is 3.12. The number of ether oxygens (including phenoxy) is 3. The van der Waals surface area contributed by atoms with Crippen molar-refractivity contribution in [1.82, 2.24) is 6.15 Å². The van der Waals surface area contributed by atoms with Crippen LogP contribution in [-0.2, 0) is 14.2 Å². The molecule has 0 saturated carbocycles. The zero-order valence-corrected chi connectivity index (χ0v) is 9.00. The standard InChI is InChI=1S/3C2H4O3.H3N/c3*1-5-2(3)4;/h3*1H3,(H,3,4);1H3. The minimum absolute atomic E-state index is 0.